The second kappa shape index (κ2) is 10.8. The normalized spacial score (nSPS) is 22.9. The Morgan fingerprint density at radius 3 is 2.20 bits per heavy atom. The van der Waals surface area contributed by atoms with Crippen LogP contribution in [0.2, 0.25) is 0 Å². The lowest BCUT2D eigenvalue weighted by Crippen LogP contribution is -2.52. The first-order valence-electron chi connectivity index (χ1n) is 13.5. The van der Waals surface area contributed by atoms with E-state index in [2.05, 4.69) is 5.32 Å². The third-order valence-electron chi connectivity index (χ3n) is 7.93. The molecule has 0 aliphatic carbocycles. The zero-order valence-electron chi connectivity index (χ0n) is 21.8. The van der Waals surface area contributed by atoms with Crippen LogP contribution in [-0.4, -0.2) is 57.8 Å². The predicted molar refractivity (Wildman–Crippen MR) is 148 cm³/mol. The van der Waals surface area contributed by atoms with Crippen LogP contribution in [0.25, 0.3) is 0 Å². The highest BCUT2D eigenvalue weighted by Crippen LogP contribution is 2.43. The van der Waals surface area contributed by atoms with Gasteiger partial charge >= 0.3 is 0 Å². The fourth-order valence-electron chi connectivity index (χ4n) is 5.98. The van der Waals surface area contributed by atoms with E-state index in [1.165, 1.54) is 4.90 Å². The van der Waals surface area contributed by atoms with Crippen LogP contribution in [0.5, 0.6) is 0 Å². The van der Waals surface area contributed by atoms with Gasteiger partial charge in [0.05, 0.1) is 17.8 Å². The quantitative estimate of drug-likeness (QED) is 0.427. The molecule has 2 fully saturated rings. The summed E-state index contributed by atoms with van der Waals surface area (Å²) in [4.78, 5) is 40.9. The van der Waals surface area contributed by atoms with Crippen LogP contribution in [0.4, 0.5) is 8.78 Å². The zero-order chi connectivity index (χ0) is 27.9. The maximum Gasteiger partial charge on any atom is 0.272 e. The summed E-state index contributed by atoms with van der Waals surface area (Å²) in [6, 6.07) is 23.8. The van der Waals surface area contributed by atoms with Crippen molar-refractivity contribution in [1.82, 2.24) is 15.1 Å². The summed E-state index contributed by atoms with van der Waals surface area (Å²) >= 11 is 1.15. The monoisotopic (exact) mass is 561 g/mol. The van der Waals surface area contributed by atoms with E-state index in [1.807, 2.05) is 65.6 Å². The first-order chi connectivity index (χ1) is 19.3. The molecular formula is C31H29F2N3O3S. The Bertz CT molecular complexity index is 1400. The number of benzene rings is 3. The largest absolute Gasteiger partial charge is 0.322 e. The van der Waals surface area contributed by atoms with Crippen LogP contribution in [-0.2, 0) is 16.1 Å². The summed E-state index contributed by atoms with van der Waals surface area (Å²) < 4.78 is 31.4. The maximum atomic E-state index is 15.7. The molecule has 2 saturated heterocycles. The van der Waals surface area contributed by atoms with Gasteiger partial charge < -0.3 is 4.90 Å². The number of carbonyl (C=O) groups excluding carboxylic acids is 3. The predicted octanol–water partition coefficient (Wildman–Crippen LogP) is 5.04. The Morgan fingerprint density at radius 1 is 0.900 bits per heavy atom. The summed E-state index contributed by atoms with van der Waals surface area (Å²) in [5, 5.41) is 1.39. The number of nitrogens with zero attached hydrogens (tertiary/aromatic N) is 2. The summed E-state index contributed by atoms with van der Waals surface area (Å²) in [6.45, 7) is 0.389. The highest BCUT2D eigenvalue weighted by Gasteiger charge is 2.47. The van der Waals surface area contributed by atoms with Gasteiger partial charge in [-0.1, -0.05) is 60.7 Å². The van der Waals surface area contributed by atoms with Crippen LogP contribution in [0.3, 0.4) is 0 Å². The van der Waals surface area contributed by atoms with Crippen molar-refractivity contribution in [3.63, 3.8) is 0 Å². The molecule has 9 heteroatoms. The highest BCUT2D eigenvalue weighted by atomic mass is 32.2. The van der Waals surface area contributed by atoms with E-state index in [4.69, 9.17) is 0 Å². The number of likely N-dealkylation sites (tertiary alicyclic amines) is 1. The molecule has 0 aromatic heterocycles. The Kier molecular flexibility index (Phi) is 7.18. The van der Waals surface area contributed by atoms with E-state index >= 15 is 8.78 Å². The Balaban J connectivity index is 1.17. The molecule has 6 rings (SSSR count). The molecule has 6 nitrogen and oxygen atoms in total. The SMILES string of the molecule is O=C1CCC(N2Cc3cc(S[C@H]4CCN(C(c5ccccc5)c5ccccc5)CC4(F)F)ccc3C2=O)C(=O)N1. The third kappa shape index (κ3) is 5.15. The average Bonchev–Trinajstić information content (AvgIpc) is 3.26. The first kappa shape index (κ1) is 26.7. The van der Waals surface area contributed by atoms with Gasteiger partial charge in [-0.15, -0.1) is 11.8 Å². The van der Waals surface area contributed by atoms with Crippen molar-refractivity contribution in [3.05, 3.63) is 101 Å². The molecule has 0 radical (unpaired) electrons. The van der Waals surface area contributed by atoms with Gasteiger partial charge in [-0.25, -0.2) is 8.78 Å². The van der Waals surface area contributed by atoms with Crippen molar-refractivity contribution >= 4 is 29.5 Å². The Morgan fingerprint density at radius 2 is 1.57 bits per heavy atom. The van der Waals surface area contributed by atoms with Crippen molar-refractivity contribution in [2.75, 3.05) is 13.1 Å². The number of thioether (sulfide) groups is 1. The molecule has 1 N–H and O–H groups in total. The van der Waals surface area contributed by atoms with Crippen LogP contribution in [0.1, 0.15) is 52.4 Å². The van der Waals surface area contributed by atoms with Crippen LogP contribution >= 0.6 is 11.8 Å². The second-order valence-corrected chi connectivity index (χ2v) is 11.8. The van der Waals surface area contributed by atoms with Crippen molar-refractivity contribution in [2.45, 2.75) is 54.0 Å². The standard InChI is InChI=1S/C31H29F2N3O3S/c32-31(33)19-35(28(20-7-3-1-4-8-20)21-9-5-2-6-10-21)16-15-26(31)40-23-11-12-24-22(17-23)18-36(30(24)39)25-13-14-27(37)34-29(25)38/h1-12,17,25-26,28H,13-16,18-19H2,(H,34,37,38)/t25?,26-/m0/s1. The van der Waals surface area contributed by atoms with Crippen molar-refractivity contribution in [1.29, 1.82) is 0 Å². The molecule has 2 atom stereocenters. The van der Waals surface area contributed by atoms with Crippen molar-refractivity contribution < 1.29 is 23.2 Å². The third-order valence-corrected chi connectivity index (χ3v) is 9.32. The van der Waals surface area contributed by atoms with E-state index in [0.29, 0.717) is 29.0 Å². The fourth-order valence-corrected chi connectivity index (χ4v) is 7.14. The number of nitrogens with one attached hydrogen (secondary N) is 1. The molecule has 206 valence electrons. The summed E-state index contributed by atoms with van der Waals surface area (Å²) in [5.74, 6) is -4.01. The minimum atomic E-state index is -2.93. The Labute approximate surface area is 235 Å². The average molecular weight is 562 g/mol. The number of hydrogen-bond donors (Lipinski definition) is 1. The molecule has 3 heterocycles. The number of imide groups is 1. The number of carbonyl (C=O) groups is 3. The van der Waals surface area contributed by atoms with Crippen LogP contribution < -0.4 is 5.32 Å². The molecule has 3 aliphatic rings. The smallest absolute Gasteiger partial charge is 0.272 e. The number of alkyl halides is 2. The molecule has 0 spiro atoms. The molecule has 3 aliphatic heterocycles. The second-order valence-electron chi connectivity index (χ2n) is 10.6. The van der Waals surface area contributed by atoms with Gasteiger partial charge in [0.2, 0.25) is 11.8 Å². The molecule has 3 amide bonds. The number of rotatable bonds is 6. The minimum Gasteiger partial charge on any atom is -0.322 e. The van der Waals surface area contributed by atoms with Gasteiger partial charge in [0, 0.05) is 30.0 Å². The van der Waals surface area contributed by atoms with E-state index < -0.39 is 23.1 Å². The minimum absolute atomic E-state index is 0.181. The number of halogens is 2. The summed E-state index contributed by atoms with van der Waals surface area (Å²) in [5.41, 5.74) is 3.16. The van der Waals surface area contributed by atoms with Gasteiger partial charge in [0.1, 0.15) is 6.04 Å². The van der Waals surface area contributed by atoms with Gasteiger partial charge in [0.25, 0.3) is 11.8 Å². The number of piperidine rings is 2. The number of hydrogen-bond acceptors (Lipinski definition) is 5. The maximum absolute atomic E-state index is 15.7. The molecule has 1 unspecified atom stereocenters. The molecule has 40 heavy (non-hydrogen) atoms. The topological polar surface area (TPSA) is 69.7 Å². The molecule has 0 bridgehead atoms. The van der Waals surface area contributed by atoms with E-state index in [0.717, 1.165) is 22.9 Å². The van der Waals surface area contributed by atoms with Crippen LogP contribution in [0.15, 0.2) is 83.8 Å². The summed E-state index contributed by atoms with van der Waals surface area (Å²) in [6.07, 6.45) is 0.775. The van der Waals surface area contributed by atoms with Crippen LogP contribution in [0, 0.1) is 0 Å². The van der Waals surface area contributed by atoms with Gasteiger partial charge in [-0.3, -0.25) is 24.6 Å². The molecule has 3 aromatic carbocycles. The van der Waals surface area contributed by atoms with E-state index in [9.17, 15) is 14.4 Å². The van der Waals surface area contributed by atoms with E-state index in [-0.39, 0.29) is 43.8 Å². The Hall–Kier alpha value is -3.56. The van der Waals surface area contributed by atoms with Gasteiger partial charge in [-0.05, 0) is 47.7 Å². The lowest BCUT2D eigenvalue weighted by molar-refractivity contribution is -0.136. The zero-order valence-corrected chi connectivity index (χ0v) is 22.6. The molecular weight excluding hydrogens is 532 g/mol. The lowest BCUT2D eigenvalue weighted by atomic mass is 9.94. The number of amides is 3. The van der Waals surface area contributed by atoms with Crippen molar-refractivity contribution in [3.8, 4) is 0 Å². The number of fused-ring (bicyclic) bond motifs is 1. The fraction of sp³-hybridized carbons (Fsp3) is 0.323. The molecule has 0 saturated carbocycles. The summed E-state index contributed by atoms with van der Waals surface area (Å²) in [7, 11) is 0. The van der Waals surface area contributed by atoms with Crippen molar-refractivity contribution in [2.24, 2.45) is 0 Å². The van der Waals surface area contributed by atoms with E-state index in [1.54, 1.807) is 18.2 Å². The molecule has 3 aromatic rings. The van der Waals surface area contributed by atoms with Gasteiger partial charge in [0.15, 0.2) is 0 Å². The highest BCUT2D eigenvalue weighted by molar-refractivity contribution is 8.00. The lowest BCUT2D eigenvalue weighted by Gasteiger charge is -2.42. The van der Waals surface area contributed by atoms with Gasteiger partial charge in [-0.2, -0.15) is 0 Å². The first-order valence-corrected chi connectivity index (χ1v) is 14.3.